The van der Waals surface area contributed by atoms with Gasteiger partial charge in [-0.25, -0.2) is 0 Å². The maximum absolute atomic E-state index is 2.59. The first kappa shape index (κ1) is 14.9. The molecule has 3 heteroatoms. The highest BCUT2D eigenvalue weighted by Crippen LogP contribution is 2.20. The van der Waals surface area contributed by atoms with Crippen LogP contribution in [-0.4, -0.2) is 54.5 Å². The highest BCUT2D eigenvalue weighted by atomic mass is 32.2. The average Bonchev–Trinajstić information content (AvgIpc) is 2.55. The van der Waals surface area contributed by atoms with Crippen LogP contribution in [0.15, 0.2) is 42.5 Å². The SMILES string of the molecule is CSCCN1CCN(Cc2cccc3ccccc23)CC1. The van der Waals surface area contributed by atoms with Gasteiger partial charge in [0, 0.05) is 45.0 Å². The van der Waals surface area contributed by atoms with Crippen molar-refractivity contribution in [1.29, 1.82) is 0 Å². The zero-order chi connectivity index (χ0) is 14.5. The molecule has 2 nitrogen and oxygen atoms in total. The van der Waals surface area contributed by atoms with Gasteiger partial charge in [-0.2, -0.15) is 11.8 Å². The second-order valence-corrected chi connectivity index (χ2v) is 6.73. The fourth-order valence-electron chi connectivity index (χ4n) is 3.06. The molecule has 0 radical (unpaired) electrons. The number of fused-ring (bicyclic) bond motifs is 1. The smallest absolute Gasteiger partial charge is 0.0240 e. The first-order chi connectivity index (χ1) is 10.4. The Hall–Kier alpha value is -1.03. The van der Waals surface area contributed by atoms with Gasteiger partial charge in [-0.3, -0.25) is 9.80 Å². The average molecular weight is 300 g/mol. The first-order valence-corrected chi connectivity index (χ1v) is 9.16. The fraction of sp³-hybridized carbons (Fsp3) is 0.444. The van der Waals surface area contributed by atoms with Gasteiger partial charge in [0.25, 0.3) is 0 Å². The molecule has 0 aromatic heterocycles. The van der Waals surface area contributed by atoms with Gasteiger partial charge >= 0.3 is 0 Å². The van der Waals surface area contributed by atoms with E-state index in [0.717, 1.165) is 6.54 Å². The van der Waals surface area contributed by atoms with Crippen LogP contribution in [0.3, 0.4) is 0 Å². The van der Waals surface area contributed by atoms with Crippen molar-refractivity contribution in [2.24, 2.45) is 0 Å². The van der Waals surface area contributed by atoms with E-state index >= 15 is 0 Å². The van der Waals surface area contributed by atoms with Crippen molar-refractivity contribution in [3.8, 4) is 0 Å². The number of benzene rings is 2. The van der Waals surface area contributed by atoms with Crippen molar-refractivity contribution < 1.29 is 0 Å². The number of hydrogen-bond acceptors (Lipinski definition) is 3. The molecule has 2 aromatic carbocycles. The molecule has 0 bridgehead atoms. The van der Waals surface area contributed by atoms with Crippen LogP contribution >= 0.6 is 11.8 Å². The third kappa shape index (κ3) is 3.79. The Labute approximate surface area is 132 Å². The lowest BCUT2D eigenvalue weighted by Gasteiger charge is -2.34. The van der Waals surface area contributed by atoms with Gasteiger partial charge in [0.15, 0.2) is 0 Å². The summed E-state index contributed by atoms with van der Waals surface area (Å²) in [5, 5.41) is 2.76. The predicted octanol–water partition coefficient (Wildman–Crippen LogP) is 3.32. The zero-order valence-corrected chi connectivity index (χ0v) is 13.6. The maximum atomic E-state index is 2.59. The molecule has 2 aromatic rings. The minimum atomic E-state index is 1.08. The van der Waals surface area contributed by atoms with Crippen molar-refractivity contribution in [3.05, 3.63) is 48.0 Å². The Kier molecular flexibility index (Phi) is 5.17. The summed E-state index contributed by atoms with van der Waals surface area (Å²) in [5.74, 6) is 1.25. The van der Waals surface area contributed by atoms with Crippen LogP contribution in [0.5, 0.6) is 0 Å². The zero-order valence-electron chi connectivity index (χ0n) is 12.8. The van der Waals surface area contributed by atoms with Gasteiger partial charge < -0.3 is 0 Å². The number of piperazine rings is 1. The molecule has 1 aliphatic heterocycles. The lowest BCUT2D eigenvalue weighted by molar-refractivity contribution is 0.133. The standard InChI is InChI=1S/C18H24N2S/c1-21-14-13-19-9-11-20(12-10-19)15-17-7-4-6-16-5-2-3-8-18(16)17/h2-8H,9-15H2,1H3. The van der Waals surface area contributed by atoms with E-state index in [0.29, 0.717) is 0 Å². The van der Waals surface area contributed by atoms with Crippen LogP contribution in [0.25, 0.3) is 10.8 Å². The van der Waals surface area contributed by atoms with Gasteiger partial charge in [0.2, 0.25) is 0 Å². The fourth-order valence-corrected chi connectivity index (χ4v) is 3.50. The topological polar surface area (TPSA) is 6.48 Å². The van der Waals surface area contributed by atoms with Crippen LogP contribution in [0.2, 0.25) is 0 Å². The van der Waals surface area contributed by atoms with E-state index in [1.165, 1.54) is 54.8 Å². The molecule has 0 aliphatic carbocycles. The summed E-state index contributed by atoms with van der Waals surface area (Å²) in [6.07, 6.45) is 2.19. The van der Waals surface area contributed by atoms with Crippen LogP contribution in [0.1, 0.15) is 5.56 Å². The second kappa shape index (κ2) is 7.30. The van der Waals surface area contributed by atoms with Crippen molar-refractivity contribution in [3.63, 3.8) is 0 Å². The Balaban J connectivity index is 1.62. The van der Waals surface area contributed by atoms with Crippen LogP contribution in [0, 0.1) is 0 Å². The van der Waals surface area contributed by atoms with Gasteiger partial charge in [-0.05, 0) is 22.6 Å². The predicted molar refractivity (Wildman–Crippen MR) is 94.0 cm³/mol. The third-order valence-corrected chi connectivity index (χ3v) is 4.94. The highest BCUT2D eigenvalue weighted by Gasteiger charge is 2.16. The number of rotatable bonds is 5. The molecule has 0 unspecified atom stereocenters. The van der Waals surface area contributed by atoms with E-state index in [1.807, 2.05) is 11.8 Å². The molecule has 1 aliphatic rings. The summed E-state index contributed by atoms with van der Waals surface area (Å²) in [7, 11) is 0. The molecular formula is C18H24N2S. The normalized spacial score (nSPS) is 17.4. The molecule has 0 atom stereocenters. The summed E-state index contributed by atoms with van der Waals surface area (Å²) in [5.41, 5.74) is 1.46. The summed E-state index contributed by atoms with van der Waals surface area (Å²) in [6, 6.07) is 15.4. The third-order valence-electron chi connectivity index (χ3n) is 4.35. The number of hydrogen-bond donors (Lipinski definition) is 0. The van der Waals surface area contributed by atoms with E-state index in [4.69, 9.17) is 0 Å². The van der Waals surface area contributed by atoms with E-state index in [2.05, 4.69) is 58.5 Å². The Morgan fingerprint density at radius 3 is 2.43 bits per heavy atom. The van der Waals surface area contributed by atoms with E-state index < -0.39 is 0 Å². The van der Waals surface area contributed by atoms with E-state index in [-0.39, 0.29) is 0 Å². The minimum Gasteiger partial charge on any atom is -0.300 e. The van der Waals surface area contributed by atoms with Gasteiger partial charge in [-0.15, -0.1) is 0 Å². The molecular weight excluding hydrogens is 276 g/mol. The van der Waals surface area contributed by atoms with Crippen molar-refractivity contribution in [2.45, 2.75) is 6.54 Å². The molecule has 0 N–H and O–H groups in total. The summed E-state index contributed by atoms with van der Waals surface area (Å²) in [4.78, 5) is 5.19. The number of nitrogens with zero attached hydrogens (tertiary/aromatic N) is 2. The summed E-state index contributed by atoms with van der Waals surface area (Å²) >= 11 is 1.94. The molecule has 112 valence electrons. The van der Waals surface area contributed by atoms with Gasteiger partial charge in [0.1, 0.15) is 0 Å². The second-order valence-electron chi connectivity index (χ2n) is 5.75. The Morgan fingerprint density at radius 2 is 1.62 bits per heavy atom. The van der Waals surface area contributed by atoms with Crippen molar-refractivity contribution in [2.75, 3.05) is 44.7 Å². The molecule has 0 amide bonds. The quantitative estimate of drug-likeness (QED) is 0.836. The highest BCUT2D eigenvalue weighted by molar-refractivity contribution is 7.98. The lowest BCUT2D eigenvalue weighted by atomic mass is 10.0. The van der Waals surface area contributed by atoms with Gasteiger partial charge in [0.05, 0.1) is 0 Å². The van der Waals surface area contributed by atoms with Crippen molar-refractivity contribution in [1.82, 2.24) is 9.80 Å². The maximum Gasteiger partial charge on any atom is 0.0240 e. The summed E-state index contributed by atoms with van der Waals surface area (Å²) < 4.78 is 0. The number of thioether (sulfide) groups is 1. The van der Waals surface area contributed by atoms with Gasteiger partial charge in [-0.1, -0.05) is 42.5 Å². The molecule has 1 heterocycles. The Bertz CT molecular complexity index is 571. The lowest BCUT2D eigenvalue weighted by Crippen LogP contribution is -2.46. The molecule has 1 fully saturated rings. The molecule has 0 spiro atoms. The molecule has 0 saturated carbocycles. The molecule has 3 rings (SSSR count). The van der Waals surface area contributed by atoms with Crippen LogP contribution in [0.4, 0.5) is 0 Å². The largest absolute Gasteiger partial charge is 0.300 e. The molecule has 1 saturated heterocycles. The van der Waals surface area contributed by atoms with E-state index in [9.17, 15) is 0 Å². The summed E-state index contributed by atoms with van der Waals surface area (Å²) in [6.45, 7) is 7.13. The first-order valence-electron chi connectivity index (χ1n) is 7.77. The minimum absolute atomic E-state index is 1.08. The molecule has 21 heavy (non-hydrogen) atoms. The van der Waals surface area contributed by atoms with E-state index in [1.54, 1.807) is 0 Å². The van der Waals surface area contributed by atoms with Crippen molar-refractivity contribution >= 4 is 22.5 Å². The van der Waals surface area contributed by atoms with Crippen LogP contribution < -0.4 is 0 Å². The van der Waals surface area contributed by atoms with Crippen LogP contribution in [-0.2, 0) is 6.54 Å². The Morgan fingerprint density at radius 1 is 0.905 bits per heavy atom. The monoisotopic (exact) mass is 300 g/mol.